The number of methoxy groups -OCH3 is 2. The maximum atomic E-state index is 6.34. The molecule has 0 amide bonds. The number of nitrogens with zero attached hydrogens (tertiary/aromatic N) is 2. The van der Waals surface area contributed by atoms with E-state index < -0.39 is 0 Å². The molecule has 1 aromatic heterocycles. The lowest BCUT2D eigenvalue weighted by molar-refractivity contribution is 0.354. The minimum absolute atomic E-state index is 0.140. The van der Waals surface area contributed by atoms with Crippen LogP contribution in [0.25, 0.3) is 0 Å². The van der Waals surface area contributed by atoms with Crippen LogP contribution >= 0.6 is 0 Å². The van der Waals surface area contributed by atoms with Crippen molar-refractivity contribution in [2.45, 2.75) is 18.4 Å². The lowest BCUT2D eigenvalue weighted by Crippen LogP contribution is -2.46. The summed E-state index contributed by atoms with van der Waals surface area (Å²) in [6, 6.07) is 12.2. The molecule has 0 radical (unpaired) electrons. The molecular formula is C18H23N3O2. The Hall–Kier alpha value is -2.27. The summed E-state index contributed by atoms with van der Waals surface area (Å²) in [6.45, 7) is 1.79. The number of nitrogens with two attached hydrogens (primary N) is 1. The molecule has 1 aliphatic rings. The predicted molar refractivity (Wildman–Crippen MR) is 91.3 cm³/mol. The van der Waals surface area contributed by atoms with Crippen molar-refractivity contribution in [2.24, 2.45) is 5.73 Å². The summed E-state index contributed by atoms with van der Waals surface area (Å²) in [5, 5.41) is 0. The van der Waals surface area contributed by atoms with Gasteiger partial charge in [-0.15, -0.1) is 0 Å². The molecule has 0 bridgehead atoms. The fraction of sp³-hybridized carbons (Fsp3) is 0.389. The van der Waals surface area contributed by atoms with Crippen LogP contribution in [0.1, 0.15) is 18.0 Å². The van der Waals surface area contributed by atoms with E-state index in [1.54, 1.807) is 14.2 Å². The molecule has 1 fully saturated rings. The van der Waals surface area contributed by atoms with Crippen LogP contribution in [0, 0.1) is 0 Å². The van der Waals surface area contributed by atoms with Gasteiger partial charge in [-0.3, -0.25) is 4.98 Å². The van der Waals surface area contributed by atoms with Gasteiger partial charge in [0.1, 0.15) is 0 Å². The monoisotopic (exact) mass is 313 g/mol. The quantitative estimate of drug-likeness (QED) is 0.939. The highest BCUT2D eigenvalue weighted by Gasteiger charge is 2.29. The van der Waals surface area contributed by atoms with Crippen LogP contribution in [-0.2, 0) is 0 Å². The Morgan fingerprint density at radius 3 is 2.65 bits per heavy atom. The Morgan fingerprint density at radius 1 is 1.13 bits per heavy atom. The van der Waals surface area contributed by atoms with Crippen molar-refractivity contribution in [2.75, 3.05) is 32.2 Å². The minimum Gasteiger partial charge on any atom is -0.493 e. The lowest BCUT2D eigenvalue weighted by Gasteiger charge is -2.38. The van der Waals surface area contributed by atoms with Crippen molar-refractivity contribution >= 4 is 5.69 Å². The second kappa shape index (κ2) is 6.87. The van der Waals surface area contributed by atoms with Gasteiger partial charge in [0, 0.05) is 48.7 Å². The maximum absolute atomic E-state index is 6.34. The van der Waals surface area contributed by atoms with E-state index in [1.807, 2.05) is 30.5 Å². The molecule has 2 aromatic rings. The Labute approximate surface area is 137 Å². The van der Waals surface area contributed by atoms with Gasteiger partial charge >= 0.3 is 0 Å². The first-order valence-corrected chi connectivity index (χ1v) is 7.86. The highest BCUT2D eigenvalue weighted by molar-refractivity contribution is 5.57. The number of hydrogen-bond donors (Lipinski definition) is 1. The molecule has 1 aromatic carbocycles. The first-order chi connectivity index (χ1) is 11.2. The van der Waals surface area contributed by atoms with Gasteiger partial charge in [0.2, 0.25) is 0 Å². The molecule has 2 atom stereocenters. The third kappa shape index (κ3) is 3.24. The molecule has 5 nitrogen and oxygen atoms in total. The fourth-order valence-corrected chi connectivity index (χ4v) is 3.13. The van der Waals surface area contributed by atoms with Gasteiger partial charge in [0.05, 0.1) is 14.2 Å². The van der Waals surface area contributed by atoms with Crippen LogP contribution in [0.15, 0.2) is 42.6 Å². The highest BCUT2D eigenvalue weighted by atomic mass is 16.5. The summed E-state index contributed by atoms with van der Waals surface area (Å²) in [5.74, 6) is 1.72. The molecule has 0 saturated carbocycles. The zero-order valence-corrected chi connectivity index (χ0v) is 13.6. The molecule has 122 valence electrons. The minimum atomic E-state index is 0.140. The second-order valence-corrected chi connectivity index (χ2v) is 5.80. The van der Waals surface area contributed by atoms with Gasteiger partial charge in [0.25, 0.3) is 0 Å². The summed E-state index contributed by atoms with van der Waals surface area (Å²) in [7, 11) is 3.30. The normalized spacial score (nSPS) is 21.1. The molecule has 3 rings (SSSR count). The first kappa shape index (κ1) is 15.6. The van der Waals surface area contributed by atoms with E-state index in [1.165, 1.54) is 0 Å². The summed E-state index contributed by atoms with van der Waals surface area (Å²) in [5.41, 5.74) is 8.52. The third-order valence-electron chi connectivity index (χ3n) is 4.47. The van der Waals surface area contributed by atoms with Gasteiger partial charge in [-0.05, 0) is 30.7 Å². The van der Waals surface area contributed by atoms with E-state index in [0.29, 0.717) is 0 Å². The number of ether oxygens (including phenoxy) is 2. The summed E-state index contributed by atoms with van der Waals surface area (Å²) < 4.78 is 10.7. The zero-order chi connectivity index (χ0) is 16.2. The molecule has 2 N–H and O–H groups in total. The second-order valence-electron chi connectivity index (χ2n) is 5.80. The van der Waals surface area contributed by atoms with Crippen molar-refractivity contribution in [3.63, 3.8) is 0 Å². The van der Waals surface area contributed by atoms with Crippen molar-refractivity contribution in [1.29, 1.82) is 0 Å². The van der Waals surface area contributed by atoms with E-state index in [0.717, 1.165) is 42.4 Å². The molecule has 0 spiro atoms. The van der Waals surface area contributed by atoms with Crippen molar-refractivity contribution in [3.8, 4) is 11.5 Å². The molecule has 23 heavy (non-hydrogen) atoms. The van der Waals surface area contributed by atoms with Gasteiger partial charge in [-0.1, -0.05) is 6.07 Å². The zero-order valence-electron chi connectivity index (χ0n) is 13.6. The van der Waals surface area contributed by atoms with Crippen molar-refractivity contribution in [3.05, 3.63) is 48.3 Å². The van der Waals surface area contributed by atoms with E-state index in [-0.39, 0.29) is 12.0 Å². The smallest absolute Gasteiger partial charge is 0.162 e. The van der Waals surface area contributed by atoms with Crippen molar-refractivity contribution < 1.29 is 9.47 Å². The number of hydrogen-bond acceptors (Lipinski definition) is 5. The Balaban J connectivity index is 1.84. The lowest BCUT2D eigenvalue weighted by atomic mass is 9.89. The number of anilines is 1. The Bertz CT molecular complexity index is 648. The molecule has 1 saturated heterocycles. The number of benzene rings is 1. The van der Waals surface area contributed by atoms with E-state index in [4.69, 9.17) is 15.2 Å². The Kier molecular flexibility index (Phi) is 4.67. The number of aromatic nitrogens is 1. The molecule has 1 aliphatic heterocycles. The van der Waals surface area contributed by atoms with Crippen LogP contribution in [-0.4, -0.2) is 38.3 Å². The van der Waals surface area contributed by atoms with Crippen molar-refractivity contribution in [1.82, 2.24) is 4.98 Å². The van der Waals surface area contributed by atoms with Crippen LogP contribution in [0.4, 0.5) is 5.69 Å². The molecular weight excluding hydrogens is 290 g/mol. The van der Waals surface area contributed by atoms with E-state index >= 15 is 0 Å². The first-order valence-electron chi connectivity index (χ1n) is 7.86. The maximum Gasteiger partial charge on any atom is 0.162 e. The van der Waals surface area contributed by atoms with Gasteiger partial charge in [0.15, 0.2) is 11.5 Å². The largest absolute Gasteiger partial charge is 0.493 e. The molecule has 2 unspecified atom stereocenters. The molecule has 0 aliphatic carbocycles. The van der Waals surface area contributed by atoms with Crippen LogP contribution < -0.4 is 20.1 Å². The van der Waals surface area contributed by atoms with E-state index in [9.17, 15) is 0 Å². The standard InChI is InChI=1S/C18H23N3O2/c1-22-17-7-6-13(11-18(17)23-2)21-10-8-15(19)14(12-21)16-5-3-4-9-20-16/h3-7,9,11,14-15H,8,10,12,19H2,1-2H3. The molecule has 2 heterocycles. The van der Waals surface area contributed by atoms with E-state index in [2.05, 4.69) is 22.0 Å². The Morgan fingerprint density at radius 2 is 1.96 bits per heavy atom. The molecule has 5 heteroatoms. The van der Waals surface area contributed by atoms with Gasteiger partial charge < -0.3 is 20.1 Å². The number of rotatable bonds is 4. The average Bonchev–Trinajstić information content (AvgIpc) is 2.62. The number of pyridine rings is 1. The summed E-state index contributed by atoms with van der Waals surface area (Å²) in [4.78, 5) is 6.83. The average molecular weight is 313 g/mol. The summed E-state index contributed by atoms with van der Waals surface area (Å²) >= 11 is 0. The third-order valence-corrected chi connectivity index (χ3v) is 4.47. The van der Waals surface area contributed by atoms with Gasteiger partial charge in [-0.25, -0.2) is 0 Å². The van der Waals surface area contributed by atoms with Crippen LogP contribution in [0.5, 0.6) is 11.5 Å². The fourth-order valence-electron chi connectivity index (χ4n) is 3.13. The topological polar surface area (TPSA) is 60.6 Å². The summed E-state index contributed by atoms with van der Waals surface area (Å²) in [6.07, 6.45) is 2.77. The van der Waals surface area contributed by atoms with Crippen LogP contribution in [0.3, 0.4) is 0 Å². The van der Waals surface area contributed by atoms with Crippen LogP contribution in [0.2, 0.25) is 0 Å². The SMILES string of the molecule is COc1ccc(N2CCC(N)C(c3ccccn3)C2)cc1OC. The number of piperidine rings is 1. The highest BCUT2D eigenvalue weighted by Crippen LogP contribution is 2.34. The van der Waals surface area contributed by atoms with Gasteiger partial charge in [-0.2, -0.15) is 0 Å². The predicted octanol–water partition coefficient (Wildman–Crippen LogP) is 2.42.